The summed E-state index contributed by atoms with van der Waals surface area (Å²) in [6.45, 7) is 5.13. The van der Waals surface area contributed by atoms with Crippen LogP contribution in [0.3, 0.4) is 0 Å². The lowest BCUT2D eigenvalue weighted by Gasteiger charge is -2.33. The second kappa shape index (κ2) is 4.41. The molecule has 5 heteroatoms. The van der Waals surface area contributed by atoms with Gasteiger partial charge in [0.25, 0.3) is 0 Å². The highest BCUT2D eigenvalue weighted by molar-refractivity contribution is 7.09. The third kappa shape index (κ3) is 1.82. The number of hydrogen-bond donors (Lipinski definition) is 0. The summed E-state index contributed by atoms with van der Waals surface area (Å²) >= 11 is 1.63. The van der Waals surface area contributed by atoms with Crippen LogP contribution < -0.4 is 4.90 Å². The van der Waals surface area contributed by atoms with E-state index in [0.29, 0.717) is 5.92 Å². The predicted molar refractivity (Wildman–Crippen MR) is 80.3 cm³/mol. The molecule has 1 aromatic heterocycles. The van der Waals surface area contributed by atoms with E-state index >= 15 is 0 Å². The van der Waals surface area contributed by atoms with Gasteiger partial charge in [0.1, 0.15) is 5.82 Å². The van der Waals surface area contributed by atoms with E-state index in [0.717, 1.165) is 23.7 Å². The molecule has 5 rings (SSSR count). The predicted octanol–water partition coefficient (Wildman–Crippen LogP) is 2.34. The molecule has 4 aliphatic rings. The van der Waals surface area contributed by atoms with Crippen molar-refractivity contribution in [1.82, 2.24) is 14.3 Å². The Morgan fingerprint density at radius 2 is 2.00 bits per heavy atom. The summed E-state index contributed by atoms with van der Waals surface area (Å²) in [6.07, 6.45) is 6.89. The van der Waals surface area contributed by atoms with Crippen molar-refractivity contribution in [3.63, 3.8) is 0 Å². The maximum absolute atomic E-state index is 4.81. The molecule has 1 aliphatic carbocycles. The summed E-state index contributed by atoms with van der Waals surface area (Å²) in [7, 11) is 0. The summed E-state index contributed by atoms with van der Waals surface area (Å²) in [4.78, 5) is 10.1. The van der Waals surface area contributed by atoms with Crippen LogP contribution in [0.2, 0.25) is 0 Å². The van der Waals surface area contributed by atoms with Crippen molar-refractivity contribution in [3.8, 4) is 0 Å². The van der Waals surface area contributed by atoms with Crippen molar-refractivity contribution < 1.29 is 0 Å². The van der Waals surface area contributed by atoms with Crippen LogP contribution in [0.15, 0.2) is 0 Å². The third-order valence-electron chi connectivity index (χ3n) is 5.76. The van der Waals surface area contributed by atoms with Crippen molar-refractivity contribution in [2.24, 2.45) is 11.8 Å². The molecule has 0 unspecified atom stereocenters. The Hall–Kier alpha value is -0.680. The van der Waals surface area contributed by atoms with Gasteiger partial charge in [0.15, 0.2) is 0 Å². The first-order valence-electron chi connectivity index (χ1n) is 8.21. The Labute approximate surface area is 124 Å². The highest BCUT2D eigenvalue weighted by Crippen LogP contribution is 2.43. The lowest BCUT2D eigenvalue weighted by atomic mass is 9.90. The first kappa shape index (κ1) is 11.9. The zero-order valence-electron chi connectivity index (χ0n) is 11.9. The Morgan fingerprint density at radius 1 is 1.05 bits per heavy atom. The molecule has 0 amide bonds. The van der Waals surface area contributed by atoms with Gasteiger partial charge in [0.05, 0.1) is 0 Å². The van der Waals surface area contributed by atoms with Gasteiger partial charge in [-0.05, 0) is 44.1 Å². The molecule has 0 N–H and O–H groups in total. The minimum atomic E-state index is 0.691. The standard InChI is InChI=1S/C15H22N4S/c1-2-6-18-7-11-8-19(9-12(11)13(18)3-1)15-16-14(17-20-15)10-4-5-10/h10-13H,1-9H2/t11-,12+,13+/m1/s1. The van der Waals surface area contributed by atoms with Crippen LogP contribution in [0.1, 0.15) is 43.8 Å². The van der Waals surface area contributed by atoms with E-state index in [1.54, 1.807) is 11.5 Å². The van der Waals surface area contributed by atoms with Crippen LogP contribution in [-0.4, -0.2) is 46.5 Å². The summed E-state index contributed by atoms with van der Waals surface area (Å²) in [5.41, 5.74) is 0. The van der Waals surface area contributed by atoms with Crippen LogP contribution in [0.4, 0.5) is 5.13 Å². The maximum atomic E-state index is 4.81. The van der Waals surface area contributed by atoms with Crippen LogP contribution in [-0.2, 0) is 0 Å². The number of rotatable bonds is 2. The van der Waals surface area contributed by atoms with Gasteiger partial charge >= 0.3 is 0 Å². The number of fused-ring (bicyclic) bond motifs is 3. The molecule has 108 valence electrons. The largest absolute Gasteiger partial charge is 0.346 e. The molecule has 4 nitrogen and oxygen atoms in total. The molecule has 3 atom stereocenters. The molecule has 4 heterocycles. The lowest BCUT2D eigenvalue weighted by Crippen LogP contribution is -2.39. The van der Waals surface area contributed by atoms with Gasteiger partial charge in [-0.2, -0.15) is 4.37 Å². The zero-order chi connectivity index (χ0) is 13.1. The third-order valence-corrected chi connectivity index (χ3v) is 6.55. The molecule has 20 heavy (non-hydrogen) atoms. The molecule has 0 aromatic carbocycles. The first-order chi connectivity index (χ1) is 9.88. The van der Waals surface area contributed by atoms with Gasteiger partial charge in [-0.15, -0.1) is 0 Å². The maximum Gasteiger partial charge on any atom is 0.205 e. The molecule has 0 radical (unpaired) electrons. The molecule has 1 aromatic rings. The topological polar surface area (TPSA) is 32.3 Å². The number of nitrogens with zero attached hydrogens (tertiary/aromatic N) is 4. The zero-order valence-corrected chi connectivity index (χ0v) is 12.7. The van der Waals surface area contributed by atoms with E-state index in [1.165, 1.54) is 63.4 Å². The smallest absolute Gasteiger partial charge is 0.205 e. The normalized spacial score (nSPS) is 37.2. The van der Waals surface area contributed by atoms with Gasteiger partial charge < -0.3 is 4.90 Å². The van der Waals surface area contributed by atoms with Crippen LogP contribution in [0.25, 0.3) is 0 Å². The highest BCUT2D eigenvalue weighted by Gasteiger charge is 2.47. The fourth-order valence-electron chi connectivity index (χ4n) is 4.57. The molecule has 4 fully saturated rings. The van der Waals surface area contributed by atoms with Gasteiger partial charge in [0.2, 0.25) is 5.13 Å². The van der Waals surface area contributed by atoms with Gasteiger partial charge in [-0.3, -0.25) is 4.90 Å². The number of aromatic nitrogens is 2. The second-order valence-corrected chi connectivity index (χ2v) is 7.83. The van der Waals surface area contributed by atoms with Crippen molar-refractivity contribution in [2.45, 2.75) is 44.1 Å². The van der Waals surface area contributed by atoms with Gasteiger partial charge in [-0.25, -0.2) is 4.98 Å². The molecular formula is C15H22N4S. The first-order valence-corrected chi connectivity index (χ1v) is 8.98. The van der Waals surface area contributed by atoms with E-state index in [2.05, 4.69) is 14.2 Å². The monoisotopic (exact) mass is 290 g/mol. The lowest BCUT2D eigenvalue weighted by molar-refractivity contribution is 0.173. The van der Waals surface area contributed by atoms with Crippen molar-refractivity contribution in [2.75, 3.05) is 31.1 Å². The van der Waals surface area contributed by atoms with Crippen LogP contribution in [0.5, 0.6) is 0 Å². The summed E-state index contributed by atoms with van der Waals surface area (Å²) < 4.78 is 4.58. The van der Waals surface area contributed by atoms with E-state index in [4.69, 9.17) is 4.98 Å². The van der Waals surface area contributed by atoms with E-state index in [9.17, 15) is 0 Å². The van der Waals surface area contributed by atoms with E-state index in [1.807, 2.05) is 0 Å². The molecule has 3 saturated heterocycles. The SMILES string of the molecule is C1CCN2C[C@@H]3CN(c4nc(C5CC5)ns4)C[C@@H]3[C@@H]2C1. The van der Waals surface area contributed by atoms with Crippen LogP contribution in [0, 0.1) is 11.8 Å². The minimum Gasteiger partial charge on any atom is -0.346 e. The quantitative estimate of drug-likeness (QED) is 0.837. The van der Waals surface area contributed by atoms with E-state index < -0.39 is 0 Å². The molecule has 0 spiro atoms. The second-order valence-electron chi connectivity index (χ2n) is 7.10. The molecule has 1 saturated carbocycles. The Kier molecular flexibility index (Phi) is 2.63. The Morgan fingerprint density at radius 3 is 2.90 bits per heavy atom. The fourth-order valence-corrected chi connectivity index (χ4v) is 5.34. The molecular weight excluding hydrogens is 268 g/mol. The number of hydrogen-bond acceptors (Lipinski definition) is 5. The number of anilines is 1. The Bertz CT molecular complexity index is 512. The van der Waals surface area contributed by atoms with Gasteiger partial charge in [-0.1, -0.05) is 6.42 Å². The Balaban J connectivity index is 1.33. The van der Waals surface area contributed by atoms with E-state index in [-0.39, 0.29) is 0 Å². The summed E-state index contributed by atoms with van der Waals surface area (Å²) in [5.74, 6) is 3.59. The summed E-state index contributed by atoms with van der Waals surface area (Å²) in [6, 6.07) is 0.870. The molecule has 3 aliphatic heterocycles. The average Bonchev–Trinajstić information content (AvgIpc) is 2.93. The minimum absolute atomic E-state index is 0.691. The van der Waals surface area contributed by atoms with Crippen molar-refractivity contribution in [1.29, 1.82) is 0 Å². The van der Waals surface area contributed by atoms with Gasteiger partial charge in [0, 0.05) is 43.1 Å². The van der Waals surface area contributed by atoms with Crippen LogP contribution >= 0.6 is 11.5 Å². The van der Waals surface area contributed by atoms with Crippen molar-refractivity contribution >= 4 is 16.7 Å². The number of piperidine rings is 1. The average molecular weight is 290 g/mol. The van der Waals surface area contributed by atoms with Crippen molar-refractivity contribution in [3.05, 3.63) is 5.82 Å². The molecule has 0 bridgehead atoms. The fraction of sp³-hybridized carbons (Fsp3) is 0.867. The highest BCUT2D eigenvalue weighted by atomic mass is 32.1. The summed E-state index contributed by atoms with van der Waals surface area (Å²) in [5, 5.41) is 1.20.